The SMILES string of the molecule is CC(C)Cc1c(C#N)ccc2c1COCC2. The quantitative estimate of drug-likeness (QED) is 0.760. The monoisotopic (exact) mass is 215 g/mol. The van der Waals surface area contributed by atoms with Crippen molar-refractivity contribution in [3.05, 3.63) is 34.4 Å². The first kappa shape index (κ1) is 11.2. The van der Waals surface area contributed by atoms with Gasteiger partial charge in [-0.3, -0.25) is 0 Å². The summed E-state index contributed by atoms with van der Waals surface area (Å²) in [4.78, 5) is 0. The van der Waals surface area contributed by atoms with Crippen LogP contribution < -0.4 is 0 Å². The van der Waals surface area contributed by atoms with Gasteiger partial charge in [0.2, 0.25) is 0 Å². The van der Waals surface area contributed by atoms with Gasteiger partial charge >= 0.3 is 0 Å². The van der Waals surface area contributed by atoms with Crippen LogP contribution in [0.25, 0.3) is 0 Å². The lowest BCUT2D eigenvalue weighted by atomic mass is 9.89. The van der Waals surface area contributed by atoms with E-state index in [1.54, 1.807) is 0 Å². The average molecular weight is 215 g/mol. The van der Waals surface area contributed by atoms with E-state index in [9.17, 15) is 0 Å². The number of hydrogen-bond donors (Lipinski definition) is 0. The molecule has 2 heteroatoms. The van der Waals surface area contributed by atoms with Crippen molar-refractivity contribution in [3.8, 4) is 6.07 Å². The highest BCUT2D eigenvalue weighted by molar-refractivity contribution is 5.47. The Kier molecular flexibility index (Phi) is 3.26. The first-order valence-electron chi connectivity index (χ1n) is 5.84. The van der Waals surface area contributed by atoms with Crippen LogP contribution in [-0.4, -0.2) is 6.61 Å². The van der Waals surface area contributed by atoms with Crippen LogP contribution in [-0.2, 0) is 24.2 Å². The summed E-state index contributed by atoms with van der Waals surface area (Å²) < 4.78 is 5.51. The average Bonchev–Trinajstić information content (AvgIpc) is 2.29. The fourth-order valence-corrected chi connectivity index (χ4v) is 2.26. The number of benzene rings is 1. The van der Waals surface area contributed by atoms with Gasteiger partial charge < -0.3 is 4.74 Å². The molecule has 0 aromatic heterocycles. The zero-order valence-corrected chi connectivity index (χ0v) is 9.92. The Morgan fingerprint density at radius 2 is 2.25 bits per heavy atom. The first-order valence-corrected chi connectivity index (χ1v) is 5.84. The second-order valence-electron chi connectivity index (χ2n) is 4.74. The summed E-state index contributed by atoms with van der Waals surface area (Å²) in [5, 5.41) is 9.14. The zero-order valence-electron chi connectivity index (χ0n) is 9.92. The summed E-state index contributed by atoms with van der Waals surface area (Å²) in [6.07, 6.45) is 1.95. The first-order chi connectivity index (χ1) is 7.72. The molecule has 1 heterocycles. The summed E-state index contributed by atoms with van der Waals surface area (Å²) >= 11 is 0. The molecule has 0 unspecified atom stereocenters. The van der Waals surface area contributed by atoms with E-state index in [-0.39, 0.29) is 0 Å². The van der Waals surface area contributed by atoms with Crippen molar-refractivity contribution in [2.45, 2.75) is 33.3 Å². The third-order valence-corrected chi connectivity index (χ3v) is 3.02. The van der Waals surface area contributed by atoms with Gasteiger partial charge in [0.15, 0.2) is 0 Å². The van der Waals surface area contributed by atoms with Gasteiger partial charge in [-0.1, -0.05) is 19.9 Å². The smallest absolute Gasteiger partial charge is 0.0994 e. The minimum Gasteiger partial charge on any atom is -0.376 e. The minimum absolute atomic E-state index is 0.570. The number of fused-ring (bicyclic) bond motifs is 1. The maximum absolute atomic E-state index is 9.14. The molecule has 1 aliphatic rings. The molecule has 0 saturated heterocycles. The number of hydrogen-bond acceptors (Lipinski definition) is 2. The molecular formula is C14H17NO. The molecule has 0 atom stereocenters. The molecule has 0 radical (unpaired) electrons. The van der Waals surface area contributed by atoms with Crippen LogP contribution in [0.4, 0.5) is 0 Å². The lowest BCUT2D eigenvalue weighted by Crippen LogP contribution is -2.14. The van der Waals surface area contributed by atoms with Crippen molar-refractivity contribution in [2.75, 3.05) is 6.61 Å². The number of nitriles is 1. The van der Waals surface area contributed by atoms with Gasteiger partial charge in [0.25, 0.3) is 0 Å². The molecule has 16 heavy (non-hydrogen) atoms. The maximum atomic E-state index is 9.14. The van der Waals surface area contributed by atoms with E-state index >= 15 is 0 Å². The van der Waals surface area contributed by atoms with Gasteiger partial charge in [0.05, 0.1) is 24.8 Å². The van der Waals surface area contributed by atoms with Gasteiger partial charge in [-0.15, -0.1) is 0 Å². The van der Waals surface area contributed by atoms with Gasteiger partial charge in [-0.2, -0.15) is 5.26 Å². The lowest BCUT2D eigenvalue weighted by molar-refractivity contribution is 0.110. The van der Waals surface area contributed by atoms with Gasteiger partial charge in [0, 0.05) is 0 Å². The molecule has 1 aliphatic heterocycles. The predicted octanol–water partition coefficient (Wildman–Crippen LogP) is 2.83. The van der Waals surface area contributed by atoms with E-state index in [1.807, 2.05) is 6.07 Å². The summed E-state index contributed by atoms with van der Waals surface area (Å²) in [5.74, 6) is 0.570. The Hall–Kier alpha value is -1.33. The highest BCUT2D eigenvalue weighted by atomic mass is 16.5. The Labute approximate surface area is 96.9 Å². The van der Waals surface area contributed by atoms with Gasteiger partial charge in [-0.25, -0.2) is 0 Å². The van der Waals surface area contributed by atoms with Crippen LogP contribution in [0.2, 0.25) is 0 Å². The molecule has 0 spiro atoms. The zero-order chi connectivity index (χ0) is 11.5. The van der Waals surface area contributed by atoms with E-state index in [0.29, 0.717) is 12.5 Å². The molecule has 84 valence electrons. The van der Waals surface area contributed by atoms with E-state index in [2.05, 4.69) is 26.0 Å². The maximum Gasteiger partial charge on any atom is 0.0994 e. The lowest BCUT2D eigenvalue weighted by Gasteiger charge is -2.21. The van der Waals surface area contributed by atoms with Crippen molar-refractivity contribution in [2.24, 2.45) is 5.92 Å². The van der Waals surface area contributed by atoms with Crippen LogP contribution in [0.1, 0.15) is 36.1 Å². The topological polar surface area (TPSA) is 33.0 Å². The van der Waals surface area contributed by atoms with Crippen LogP contribution in [0.3, 0.4) is 0 Å². The van der Waals surface area contributed by atoms with Crippen molar-refractivity contribution in [1.82, 2.24) is 0 Å². The van der Waals surface area contributed by atoms with Crippen LogP contribution in [0.15, 0.2) is 12.1 Å². The molecule has 0 bridgehead atoms. The minimum atomic E-state index is 0.570. The molecular weight excluding hydrogens is 198 g/mol. The van der Waals surface area contributed by atoms with Crippen LogP contribution in [0, 0.1) is 17.2 Å². The molecule has 0 aliphatic carbocycles. The largest absolute Gasteiger partial charge is 0.376 e. The molecule has 2 rings (SSSR count). The fourth-order valence-electron chi connectivity index (χ4n) is 2.26. The predicted molar refractivity (Wildman–Crippen MR) is 63.1 cm³/mol. The van der Waals surface area contributed by atoms with E-state index in [4.69, 9.17) is 10.00 Å². The molecule has 0 fully saturated rings. The van der Waals surface area contributed by atoms with Gasteiger partial charge in [0.1, 0.15) is 0 Å². The summed E-state index contributed by atoms with van der Waals surface area (Å²) in [6.45, 7) is 5.85. The Balaban J connectivity index is 2.48. The molecule has 0 amide bonds. The summed E-state index contributed by atoms with van der Waals surface area (Å²) in [7, 11) is 0. The molecule has 1 aromatic rings. The van der Waals surface area contributed by atoms with Crippen molar-refractivity contribution in [1.29, 1.82) is 5.26 Å². The summed E-state index contributed by atoms with van der Waals surface area (Å²) in [6, 6.07) is 6.34. The van der Waals surface area contributed by atoms with E-state index in [0.717, 1.165) is 25.0 Å². The second-order valence-corrected chi connectivity index (χ2v) is 4.74. The number of ether oxygens (including phenoxy) is 1. The molecule has 0 saturated carbocycles. The fraction of sp³-hybridized carbons (Fsp3) is 0.500. The van der Waals surface area contributed by atoms with Crippen LogP contribution >= 0.6 is 0 Å². The number of rotatable bonds is 2. The number of nitrogens with zero attached hydrogens (tertiary/aromatic N) is 1. The van der Waals surface area contributed by atoms with Crippen LogP contribution in [0.5, 0.6) is 0 Å². The Morgan fingerprint density at radius 3 is 2.94 bits per heavy atom. The Bertz CT molecular complexity index is 429. The highest BCUT2D eigenvalue weighted by Crippen LogP contribution is 2.26. The third kappa shape index (κ3) is 2.10. The van der Waals surface area contributed by atoms with Crippen molar-refractivity contribution >= 4 is 0 Å². The second kappa shape index (κ2) is 4.67. The van der Waals surface area contributed by atoms with E-state index < -0.39 is 0 Å². The molecule has 0 N–H and O–H groups in total. The van der Waals surface area contributed by atoms with Crippen molar-refractivity contribution < 1.29 is 4.74 Å². The van der Waals surface area contributed by atoms with Gasteiger partial charge in [-0.05, 0) is 41.5 Å². The summed E-state index contributed by atoms with van der Waals surface area (Å²) in [5.41, 5.74) is 4.65. The Morgan fingerprint density at radius 1 is 1.44 bits per heavy atom. The highest BCUT2D eigenvalue weighted by Gasteiger charge is 2.17. The standard InChI is InChI=1S/C14H17NO/c1-10(2)7-13-12(8-15)4-3-11-5-6-16-9-14(11)13/h3-4,10H,5-7,9H2,1-2H3. The molecule has 2 nitrogen and oxygen atoms in total. The molecule has 1 aromatic carbocycles. The normalized spacial score (nSPS) is 14.6. The third-order valence-electron chi connectivity index (χ3n) is 3.02. The van der Waals surface area contributed by atoms with E-state index in [1.165, 1.54) is 16.7 Å². The van der Waals surface area contributed by atoms with Crippen molar-refractivity contribution in [3.63, 3.8) is 0 Å².